The highest BCUT2D eigenvalue weighted by Gasteiger charge is 2.58. The molecular weight excluding hydrogens is 372 g/mol. The minimum Gasteiger partial charge on any atom is -0.343 e. The number of carbonyl (C=O) groups excluding carboxylic acids is 2. The molecule has 6 aliphatic rings. The van der Waals surface area contributed by atoms with Crippen LogP contribution in [0.1, 0.15) is 90.9 Å². The maximum atomic E-state index is 13.2. The van der Waals surface area contributed by atoms with Crippen LogP contribution in [0.2, 0.25) is 0 Å². The van der Waals surface area contributed by atoms with E-state index in [9.17, 15) is 9.59 Å². The fourth-order valence-electron chi connectivity index (χ4n) is 8.44. The lowest BCUT2D eigenvalue weighted by Gasteiger charge is -2.62. The van der Waals surface area contributed by atoms with Gasteiger partial charge in [0.25, 0.3) is 0 Å². The molecule has 0 aromatic rings. The van der Waals surface area contributed by atoms with E-state index in [0.717, 1.165) is 94.8 Å². The van der Waals surface area contributed by atoms with Crippen LogP contribution < -0.4 is 0 Å². The first-order valence-corrected chi connectivity index (χ1v) is 12.9. The van der Waals surface area contributed by atoms with Gasteiger partial charge in [0.2, 0.25) is 11.8 Å². The second-order valence-electron chi connectivity index (χ2n) is 12.4. The summed E-state index contributed by atoms with van der Waals surface area (Å²) in [5.41, 5.74) is 0.391. The Balaban J connectivity index is 1.26. The van der Waals surface area contributed by atoms with Crippen molar-refractivity contribution in [3.8, 4) is 0 Å². The van der Waals surface area contributed by atoms with Crippen molar-refractivity contribution in [2.24, 2.45) is 34.5 Å². The summed E-state index contributed by atoms with van der Waals surface area (Å²) >= 11 is 0. The molecule has 4 saturated carbocycles. The predicted molar refractivity (Wildman–Crippen MR) is 119 cm³/mol. The number of piperidine rings is 2. The Kier molecular flexibility index (Phi) is 5.42. The van der Waals surface area contributed by atoms with Crippen molar-refractivity contribution in [1.29, 1.82) is 0 Å². The summed E-state index contributed by atoms with van der Waals surface area (Å²) in [6.07, 6.45) is 13.6. The van der Waals surface area contributed by atoms with E-state index in [2.05, 4.69) is 23.6 Å². The molecule has 168 valence electrons. The average molecular weight is 415 g/mol. The first kappa shape index (κ1) is 20.8. The van der Waals surface area contributed by atoms with Gasteiger partial charge in [-0.1, -0.05) is 13.8 Å². The number of hydrogen-bond acceptors (Lipinski definition) is 2. The molecule has 0 aromatic carbocycles. The van der Waals surface area contributed by atoms with E-state index in [4.69, 9.17) is 0 Å². The Morgan fingerprint density at radius 3 is 1.43 bits per heavy atom. The second kappa shape index (κ2) is 7.81. The van der Waals surface area contributed by atoms with Gasteiger partial charge < -0.3 is 9.80 Å². The van der Waals surface area contributed by atoms with Gasteiger partial charge in [0.1, 0.15) is 0 Å². The minimum atomic E-state index is 0.195. The van der Waals surface area contributed by atoms with Crippen LogP contribution in [0.4, 0.5) is 0 Å². The quantitative estimate of drug-likeness (QED) is 0.658. The molecule has 4 heteroatoms. The normalized spacial score (nSPS) is 39.5. The van der Waals surface area contributed by atoms with Gasteiger partial charge in [-0.05, 0) is 98.7 Å². The lowest BCUT2D eigenvalue weighted by atomic mass is 9.43. The summed E-state index contributed by atoms with van der Waals surface area (Å²) in [6, 6.07) is 0. The molecule has 2 amide bonds. The van der Waals surface area contributed by atoms with Crippen LogP contribution in [0.25, 0.3) is 0 Å². The number of nitrogens with zero attached hydrogens (tertiary/aromatic N) is 2. The molecule has 6 rings (SSSR count). The van der Waals surface area contributed by atoms with Gasteiger partial charge in [-0.2, -0.15) is 0 Å². The summed E-state index contributed by atoms with van der Waals surface area (Å²) in [6.45, 7) is 8.45. The summed E-state index contributed by atoms with van der Waals surface area (Å²) in [5.74, 6) is 3.87. The van der Waals surface area contributed by atoms with Crippen LogP contribution in [-0.4, -0.2) is 47.8 Å². The van der Waals surface area contributed by atoms with Crippen molar-refractivity contribution in [3.63, 3.8) is 0 Å². The van der Waals surface area contributed by atoms with Crippen molar-refractivity contribution in [3.05, 3.63) is 0 Å². The Morgan fingerprint density at radius 2 is 1.07 bits per heavy atom. The molecule has 30 heavy (non-hydrogen) atoms. The number of carbonyl (C=O) groups is 2. The molecule has 2 aliphatic heterocycles. The highest BCUT2D eigenvalue weighted by atomic mass is 16.2. The molecule has 2 heterocycles. The highest BCUT2D eigenvalue weighted by molar-refractivity contribution is 5.78. The van der Waals surface area contributed by atoms with Crippen molar-refractivity contribution >= 4 is 11.8 Å². The summed E-state index contributed by atoms with van der Waals surface area (Å²) < 4.78 is 0. The zero-order chi connectivity index (χ0) is 20.9. The Hall–Kier alpha value is -1.06. The van der Waals surface area contributed by atoms with Gasteiger partial charge in [-0.25, -0.2) is 0 Å². The van der Waals surface area contributed by atoms with Gasteiger partial charge in [0.05, 0.1) is 0 Å². The van der Waals surface area contributed by atoms with Gasteiger partial charge in [-0.3, -0.25) is 9.59 Å². The standard InChI is InChI=1S/C26H42N2O2/c1-19-3-7-27(8-4-19)23(29)16-25-12-21-11-22(13-25)15-26(14-21,18-25)17-24(30)28-9-5-20(2)6-10-28/h19-22H,3-18H2,1-2H3. The van der Waals surface area contributed by atoms with Crippen molar-refractivity contribution in [2.75, 3.05) is 26.2 Å². The summed E-state index contributed by atoms with van der Waals surface area (Å²) in [5, 5.41) is 0. The fraction of sp³-hybridized carbons (Fsp3) is 0.923. The van der Waals surface area contributed by atoms with Gasteiger partial charge >= 0.3 is 0 Å². The lowest BCUT2D eigenvalue weighted by molar-refractivity contribution is -0.155. The third-order valence-electron chi connectivity index (χ3n) is 9.63. The molecule has 4 aliphatic carbocycles. The third kappa shape index (κ3) is 4.05. The molecule has 0 unspecified atom stereocenters. The first-order valence-electron chi connectivity index (χ1n) is 12.9. The van der Waals surface area contributed by atoms with Crippen molar-refractivity contribution in [1.82, 2.24) is 9.80 Å². The molecule has 4 nitrogen and oxygen atoms in total. The summed E-state index contributed by atoms with van der Waals surface area (Å²) in [7, 11) is 0. The Labute approximate surface area is 183 Å². The third-order valence-corrected chi connectivity index (χ3v) is 9.63. The van der Waals surface area contributed by atoms with Gasteiger partial charge in [-0.15, -0.1) is 0 Å². The first-order chi connectivity index (χ1) is 14.3. The smallest absolute Gasteiger partial charge is 0.223 e. The SMILES string of the molecule is CC1CCN(C(=O)CC23CC4CC(C2)CC(CC(=O)N2CCC(C)CC2)(C4)C3)CC1. The molecule has 0 radical (unpaired) electrons. The highest BCUT2D eigenvalue weighted by Crippen LogP contribution is 2.67. The van der Waals surface area contributed by atoms with E-state index in [1.54, 1.807) is 0 Å². The summed E-state index contributed by atoms with van der Waals surface area (Å²) in [4.78, 5) is 30.8. The predicted octanol–water partition coefficient (Wildman–Crippen LogP) is 4.87. The van der Waals surface area contributed by atoms with E-state index in [1.807, 2.05) is 0 Å². The van der Waals surface area contributed by atoms with E-state index < -0.39 is 0 Å². The molecule has 0 spiro atoms. The van der Waals surface area contributed by atoms with Crippen LogP contribution in [-0.2, 0) is 9.59 Å². The van der Waals surface area contributed by atoms with Crippen LogP contribution in [0.5, 0.6) is 0 Å². The van der Waals surface area contributed by atoms with Crippen LogP contribution in [0, 0.1) is 34.5 Å². The maximum Gasteiger partial charge on any atom is 0.223 e. The van der Waals surface area contributed by atoms with E-state index >= 15 is 0 Å². The van der Waals surface area contributed by atoms with E-state index in [0.29, 0.717) is 11.8 Å². The van der Waals surface area contributed by atoms with E-state index in [-0.39, 0.29) is 10.8 Å². The molecular formula is C26H42N2O2. The zero-order valence-corrected chi connectivity index (χ0v) is 19.3. The number of amides is 2. The molecule has 2 saturated heterocycles. The van der Waals surface area contributed by atoms with Crippen LogP contribution >= 0.6 is 0 Å². The van der Waals surface area contributed by atoms with E-state index in [1.165, 1.54) is 32.1 Å². The molecule has 0 atom stereocenters. The second-order valence-corrected chi connectivity index (χ2v) is 12.4. The monoisotopic (exact) mass is 414 g/mol. The zero-order valence-electron chi connectivity index (χ0n) is 19.3. The number of likely N-dealkylation sites (tertiary alicyclic amines) is 2. The Bertz CT molecular complexity index is 605. The van der Waals surface area contributed by atoms with Crippen molar-refractivity contribution < 1.29 is 9.59 Å². The number of hydrogen-bond donors (Lipinski definition) is 0. The Morgan fingerprint density at radius 1 is 0.700 bits per heavy atom. The topological polar surface area (TPSA) is 40.6 Å². The van der Waals surface area contributed by atoms with Gasteiger partial charge in [0.15, 0.2) is 0 Å². The minimum absolute atomic E-state index is 0.195. The lowest BCUT2D eigenvalue weighted by Crippen LogP contribution is -2.55. The molecule has 6 fully saturated rings. The molecule has 0 N–H and O–H groups in total. The van der Waals surface area contributed by atoms with Gasteiger partial charge in [0, 0.05) is 39.0 Å². The largest absolute Gasteiger partial charge is 0.343 e. The van der Waals surface area contributed by atoms with Crippen LogP contribution in [0.3, 0.4) is 0 Å². The fourth-order valence-corrected chi connectivity index (χ4v) is 8.44. The number of rotatable bonds is 4. The van der Waals surface area contributed by atoms with Crippen molar-refractivity contribution in [2.45, 2.75) is 90.9 Å². The molecule has 4 bridgehead atoms. The average Bonchev–Trinajstić information content (AvgIpc) is 2.67. The molecule has 0 aromatic heterocycles. The van der Waals surface area contributed by atoms with Crippen LogP contribution in [0.15, 0.2) is 0 Å². The maximum absolute atomic E-state index is 13.2.